The Balaban J connectivity index is 0.00000121. The summed E-state index contributed by atoms with van der Waals surface area (Å²) in [6.45, 7) is 0. The summed E-state index contributed by atoms with van der Waals surface area (Å²) < 4.78 is 0. The molecular formula is C8H17ClN2S. The first-order chi connectivity index (χ1) is 5.33. The molecule has 0 aromatic rings. The largest absolute Gasteiger partial charge is 0.387 e. The van der Waals surface area contributed by atoms with Gasteiger partial charge in [-0.05, 0) is 12.8 Å². The van der Waals surface area contributed by atoms with Crippen molar-refractivity contribution in [3.63, 3.8) is 0 Å². The van der Waals surface area contributed by atoms with E-state index in [4.69, 9.17) is 5.73 Å². The number of thiol groups is 1. The van der Waals surface area contributed by atoms with Crippen LogP contribution >= 0.6 is 25.0 Å². The minimum atomic E-state index is 0. The molecule has 0 bridgehead atoms. The van der Waals surface area contributed by atoms with Crippen LogP contribution in [0.25, 0.3) is 0 Å². The van der Waals surface area contributed by atoms with Crippen LogP contribution < -0.4 is 5.73 Å². The molecule has 1 rings (SSSR count). The molecule has 1 saturated carbocycles. The van der Waals surface area contributed by atoms with Crippen molar-refractivity contribution in [1.29, 1.82) is 0 Å². The molecule has 0 atom stereocenters. The molecule has 0 aliphatic heterocycles. The number of aliphatic imine (C=N–C) groups is 1. The highest BCUT2D eigenvalue weighted by atomic mass is 35.5. The summed E-state index contributed by atoms with van der Waals surface area (Å²) >= 11 is 4.06. The van der Waals surface area contributed by atoms with Gasteiger partial charge in [0.25, 0.3) is 0 Å². The summed E-state index contributed by atoms with van der Waals surface area (Å²) in [5, 5.41) is 0. The van der Waals surface area contributed by atoms with E-state index >= 15 is 0 Å². The maximum absolute atomic E-state index is 5.58. The summed E-state index contributed by atoms with van der Waals surface area (Å²) in [6, 6.07) is 0.496. The number of hydrogen-bond donors (Lipinski definition) is 2. The van der Waals surface area contributed by atoms with Crippen molar-refractivity contribution in [2.24, 2.45) is 10.7 Å². The average molecular weight is 209 g/mol. The fourth-order valence-corrected chi connectivity index (χ4v) is 1.57. The Morgan fingerprint density at radius 3 is 2.42 bits per heavy atom. The first kappa shape index (κ1) is 12.1. The monoisotopic (exact) mass is 208 g/mol. The summed E-state index contributed by atoms with van der Waals surface area (Å²) in [5.74, 6) is 1.29. The maximum Gasteiger partial charge on any atom is 0.104 e. The van der Waals surface area contributed by atoms with Gasteiger partial charge in [-0.2, -0.15) is 12.6 Å². The number of nitrogens with two attached hydrogens (primary N) is 1. The van der Waals surface area contributed by atoms with Crippen LogP contribution in [0.5, 0.6) is 0 Å². The van der Waals surface area contributed by atoms with E-state index in [9.17, 15) is 0 Å². The van der Waals surface area contributed by atoms with E-state index in [1.54, 1.807) is 0 Å². The summed E-state index contributed by atoms with van der Waals surface area (Å²) in [6.07, 6.45) is 6.43. The third-order valence-electron chi connectivity index (χ3n) is 2.09. The number of hydrogen-bond acceptors (Lipinski definition) is 2. The van der Waals surface area contributed by atoms with E-state index in [-0.39, 0.29) is 12.4 Å². The number of halogens is 1. The van der Waals surface area contributed by atoms with Gasteiger partial charge in [-0.1, -0.05) is 19.3 Å². The smallest absolute Gasteiger partial charge is 0.104 e. The minimum absolute atomic E-state index is 0. The highest BCUT2D eigenvalue weighted by Crippen LogP contribution is 2.19. The lowest BCUT2D eigenvalue weighted by atomic mass is 9.96. The molecule has 2 nitrogen and oxygen atoms in total. The first-order valence-corrected chi connectivity index (χ1v) is 4.89. The zero-order valence-corrected chi connectivity index (χ0v) is 8.91. The van der Waals surface area contributed by atoms with Crippen molar-refractivity contribution in [1.82, 2.24) is 0 Å². The van der Waals surface area contributed by atoms with Crippen LogP contribution in [-0.4, -0.2) is 17.6 Å². The van der Waals surface area contributed by atoms with Crippen LogP contribution in [0.4, 0.5) is 0 Å². The number of rotatable bonds is 2. The van der Waals surface area contributed by atoms with E-state index < -0.39 is 0 Å². The molecule has 0 spiro atoms. The van der Waals surface area contributed by atoms with Crippen molar-refractivity contribution >= 4 is 30.9 Å². The quantitative estimate of drug-likeness (QED) is 0.407. The lowest BCUT2D eigenvalue weighted by Gasteiger charge is -2.17. The molecule has 4 heteroatoms. The molecule has 0 aromatic heterocycles. The van der Waals surface area contributed by atoms with Gasteiger partial charge in [-0.3, -0.25) is 4.99 Å². The molecule has 0 heterocycles. The fraction of sp³-hybridized carbons (Fsp3) is 0.875. The van der Waals surface area contributed by atoms with Crippen LogP contribution in [0, 0.1) is 0 Å². The fourth-order valence-electron chi connectivity index (χ4n) is 1.49. The van der Waals surface area contributed by atoms with Crippen molar-refractivity contribution in [3.05, 3.63) is 0 Å². The normalized spacial score (nSPS) is 20.2. The van der Waals surface area contributed by atoms with Crippen LogP contribution in [0.2, 0.25) is 0 Å². The van der Waals surface area contributed by atoms with Gasteiger partial charge in [0, 0.05) is 5.75 Å². The summed E-state index contributed by atoms with van der Waals surface area (Å²) in [4.78, 5) is 4.37. The van der Waals surface area contributed by atoms with Gasteiger partial charge in [0.05, 0.1) is 6.04 Å². The predicted octanol–water partition coefficient (Wildman–Crippen LogP) is 2.03. The van der Waals surface area contributed by atoms with Gasteiger partial charge in [-0.25, -0.2) is 0 Å². The Labute approximate surface area is 85.8 Å². The Kier molecular flexibility index (Phi) is 6.67. The third kappa shape index (κ3) is 4.21. The van der Waals surface area contributed by atoms with Gasteiger partial charge in [0.15, 0.2) is 0 Å². The summed E-state index contributed by atoms with van der Waals surface area (Å²) in [5.41, 5.74) is 5.58. The second-order valence-electron chi connectivity index (χ2n) is 3.07. The second kappa shape index (κ2) is 6.61. The molecule has 12 heavy (non-hydrogen) atoms. The highest BCUT2D eigenvalue weighted by Gasteiger charge is 2.11. The van der Waals surface area contributed by atoms with E-state index in [0.29, 0.717) is 17.6 Å². The molecule has 2 N–H and O–H groups in total. The van der Waals surface area contributed by atoms with Gasteiger partial charge in [0.2, 0.25) is 0 Å². The van der Waals surface area contributed by atoms with Gasteiger partial charge in [-0.15, -0.1) is 12.4 Å². The molecular weight excluding hydrogens is 192 g/mol. The van der Waals surface area contributed by atoms with E-state index in [1.807, 2.05) is 0 Å². The van der Waals surface area contributed by atoms with Crippen LogP contribution in [0.1, 0.15) is 32.1 Å². The maximum atomic E-state index is 5.58. The van der Waals surface area contributed by atoms with Crippen molar-refractivity contribution in [2.75, 3.05) is 5.75 Å². The zero-order valence-electron chi connectivity index (χ0n) is 7.20. The Morgan fingerprint density at radius 2 is 1.92 bits per heavy atom. The lowest BCUT2D eigenvalue weighted by molar-refractivity contribution is 0.443. The zero-order chi connectivity index (χ0) is 8.10. The molecule has 0 saturated heterocycles. The Bertz CT molecular complexity index is 144. The molecule has 1 fully saturated rings. The Hall–Kier alpha value is 0.110. The lowest BCUT2D eigenvalue weighted by Crippen LogP contribution is -2.19. The predicted molar refractivity (Wildman–Crippen MR) is 59.6 cm³/mol. The SMILES string of the molecule is Cl.NC(CS)=NC1CCCCC1. The molecule has 0 aromatic carbocycles. The van der Waals surface area contributed by atoms with E-state index in [0.717, 1.165) is 0 Å². The van der Waals surface area contributed by atoms with Crippen molar-refractivity contribution < 1.29 is 0 Å². The van der Waals surface area contributed by atoms with Crippen LogP contribution in [0.3, 0.4) is 0 Å². The van der Waals surface area contributed by atoms with Crippen molar-refractivity contribution in [3.8, 4) is 0 Å². The van der Waals surface area contributed by atoms with Gasteiger partial charge in [0.1, 0.15) is 5.84 Å². The third-order valence-corrected chi connectivity index (χ3v) is 2.41. The number of amidine groups is 1. The standard InChI is InChI=1S/C8H16N2S.ClH/c9-8(6-11)10-7-4-2-1-3-5-7;/h7,11H,1-6H2,(H2,9,10);1H. The van der Waals surface area contributed by atoms with Crippen LogP contribution in [-0.2, 0) is 0 Å². The molecule has 0 amide bonds. The first-order valence-electron chi connectivity index (χ1n) is 4.26. The number of nitrogens with zero attached hydrogens (tertiary/aromatic N) is 1. The molecule has 0 radical (unpaired) electrons. The van der Waals surface area contributed by atoms with E-state index in [1.165, 1.54) is 32.1 Å². The molecule has 72 valence electrons. The van der Waals surface area contributed by atoms with Crippen molar-refractivity contribution in [2.45, 2.75) is 38.1 Å². The summed E-state index contributed by atoms with van der Waals surface area (Å²) in [7, 11) is 0. The highest BCUT2D eigenvalue weighted by molar-refractivity contribution is 7.81. The molecule has 1 aliphatic carbocycles. The topological polar surface area (TPSA) is 38.4 Å². The van der Waals surface area contributed by atoms with Gasteiger partial charge >= 0.3 is 0 Å². The second-order valence-corrected chi connectivity index (χ2v) is 3.39. The Morgan fingerprint density at radius 1 is 1.33 bits per heavy atom. The molecule has 1 aliphatic rings. The average Bonchev–Trinajstić information content (AvgIpc) is 2.06. The minimum Gasteiger partial charge on any atom is -0.387 e. The molecule has 0 unspecified atom stereocenters. The van der Waals surface area contributed by atoms with Gasteiger partial charge < -0.3 is 5.73 Å². The van der Waals surface area contributed by atoms with E-state index in [2.05, 4.69) is 17.6 Å². The van der Waals surface area contributed by atoms with Crippen LogP contribution in [0.15, 0.2) is 4.99 Å².